The van der Waals surface area contributed by atoms with Crippen molar-refractivity contribution in [3.8, 4) is 0 Å². The van der Waals surface area contributed by atoms with Crippen LogP contribution in [0.5, 0.6) is 0 Å². The highest BCUT2D eigenvalue weighted by Gasteiger charge is 2.33. The number of nitrogens with zero attached hydrogens (tertiary/aromatic N) is 1. The van der Waals surface area contributed by atoms with Gasteiger partial charge < -0.3 is 24.4 Å². The van der Waals surface area contributed by atoms with Crippen molar-refractivity contribution in [3.63, 3.8) is 0 Å². The lowest BCUT2D eigenvalue weighted by molar-refractivity contribution is -0.140. The number of benzene rings is 1. The Balaban J connectivity index is 2.62. The molecule has 134 valence electrons. The normalized spacial score (nSPS) is 14.2. The highest BCUT2D eigenvalue weighted by atomic mass is 16.5. The lowest BCUT2D eigenvalue weighted by Crippen LogP contribution is -2.39. The van der Waals surface area contributed by atoms with Crippen molar-refractivity contribution in [1.29, 1.82) is 0 Å². The molecule has 0 spiro atoms. The molecule has 0 atom stereocenters. The fourth-order valence-corrected chi connectivity index (χ4v) is 2.63. The van der Waals surface area contributed by atoms with E-state index in [-0.39, 0.29) is 30.5 Å². The minimum Gasteiger partial charge on any atom is -0.466 e. The molecule has 0 aliphatic carbocycles. The van der Waals surface area contributed by atoms with E-state index in [1.165, 1.54) is 26.2 Å². The number of ether oxygens (including phenoxy) is 3. The van der Waals surface area contributed by atoms with Gasteiger partial charge in [0.15, 0.2) is 0 Å². The van der Waals surface area contributed by atoms with Gasteiger partial charge in [0.1, 0.15) is 12.4 Å². The summed E-state index contributed by atoms with van der Waals surface area (Å²) >= 11 is 0. The molecule has 0 aromatic heterocycles. The highest BCUT2D eigenvalue weighted by Crippen LogP contribution is 2.30. The summed E-state index contributed by atoms with van der Waals surface area (Å²) in [6.45, 7) is 1.71. The number of rotatable bonds is 4. The molecule has 1 heterocycles. The fraction of sp³-hybridized carbons (Fsp3) is 0.353. The van der Waals surface area contributed by atoms with Crippen LogP contribution in [0.4, 0.5) is 5.69 Å². The molecule has 25 heavy (non-hydrogen) atoms. The van der Waals surface area contributed by atoms with Crippen molar-refractivity contribution in [2.24, 2.45) is 0 Å². The van der Waals surface area contributed by atoms with E-state index in [0.29, 0.717) is 16.8 Å². The van der Waals surface area contributed by atoms with Gasteiger partial charge in [-0.25, -0.2) is 9.59 Å². The second-order valence-corrected chi connectivity index (χ2v) is 5.24. The summed E-state index contributed by atoms with van der Waals surface area (Å²) in [6.07, 6.45) is 0. The third-order valence-corrected chi connectivity index (χ3v) is 3.90. The smallest absolute Gasteiger partial charge is 0.355 e. The molecular weight excluding hydrogens is 328 g/mol. The van der Waals surface area contributed by atoms with Crippen LogP contribution in [0.25, 0.3) is 0 Å². The van der Waals surface area contributed by atoms with Crippen molar-refractivity contribution in [2.45, 2.75) is 6.92 Å². The van der Waals surface area contributed by atoms with E-state index in [4.69, 9.17) is 14.2 Å². The van der Waals surface area contributed by atoms with Crippen LogP contribution < -0.4 is 10.2 Å². The molecular formula is C17H20N2O6. The number of amides is 1. The van der Waals surface area contributed by atoms with Crippen LogP contribution in [0.3, 0.4) is 0 Å². The molecule has 1 amide bonds. The van der Waals surface area contributed by atoms with Gasteiger partial charge in [-0.15, -0.1) is 0 Å². The van der Waals surface area contributed by atoms with Gasteiger partial charge in [0.05, 0.1) is 26.4 Å². The van der Waals surface area contributed by atoms with Crippen molar-refractivity contribution >= 4 is 23.5 Å². The number of anilines is 1. The van der Waals surface area contributed by atoms with E-state index in [0.717, 1.165) is 0 Å². The first-order chi connectivity index (χ1) is 12.0. The average Bonchev–Trinajstić information content (AvgIpc) is 2.65. The number of nitrogens with one attached hydrogen (secondary N) is 1. The van der Waals surface area contributed by atoms with E-state index in [2.05, 4.69) is 5.32 Å². The number of carbonyl (C=O) groups is 3. The first kappa shape index (κ1) is 18.5. The topological polar surface area (TPSA) is 94.2 Å². The lowest BCUT2D eigenvalue weighted by Gasteiger charge is -2.32. The van der Waals surface area contributed by atoms with Crippen LogP contribution >= 0.6 is 0 Å². The lowest BCUT2D eigenvalue weighted by atomic mass is 10.0. The van der Waals surface area contributed by atoms with Gasteiger partial charge in [-0.3, -0.25) is 4.79 Å². The van der Waals surface area contributed by atoms with Gasteiger partial charge >= 0.3 is 11.9 Å². The Bertz CT molecular complexity index is 741. The number of hydrogen-bond donors (Lipinski definition) is 1. The Morgan fingerprint density at radius 2 is 1.84 bits per heavy atom. The fourth-order valence-electron chi connectivity index (χ4n) is 2.63. The number of carbonyl (C=O) groups excluding carboxylic acids is 3. The van der Waals surface area contributed by atoms with E-state index in [1.54, 1.807) is 25.1 Å². The summed E-state index contributed by atoms with van der Waals surface area (Å²) in [5.41, 5.74) is 1.75. The molecule has 0 saturated carbocycles. The summed E-state index contributed by atoms with van der Waals surface area (Å²) in [4.78, 5) is 37.8. The zero-order valence-electron chi connectivity index (χ0n) is 14.5. The Morgan fingerprint density at radius 1 is 1.16 bits per heavy atom. The Labute approximate surface area is 145 Å². The van der Waals surface area contributed by atoms with Crippen molar-refractivity contribution < 1.29 is 28.6 Å². The van der Waals surface area contributed by atoms with Crippen LogP contribution in [0.15, 0.2) is 29.5 Å². The predicted octanol–water partition coefficient (Wildman–Crippen LogP) is 0.749. The van der Waals surface area contributed by atoms with E-state index < -0.39 is 11.9 Å². The van der Waals surface area contributed by atoms with E-state index in [1.807, 2.05) is 0 Å². The Morgan fingerprint density at radius 3 is 2.44 bits per heavy atom. The molecule has 1 aromatic rings. The molecule has 0 saturated heterocycles. The molecule has 2 rings (SSSR count). The van der Waals surface area contributed by atoms with Crippen molar-refractivity contribution in [2.75, 3.05) is 39.5 Å². The largest absolute Gasteiger partial charge is 0.466 e. The summed E-state index contributed by atoms with van der Waals surface area (Å²) in [6, 6.07) is 5.09. The molecule has 0 unspecified atom stereocenters. The Hall–Kier alpha value is -2.87. The highest BCUT2D eigenvalue weighted by molar-refractivity contribution is 6.04. The van der Waals surface area contributed by atoms with Gasteiger partial charge in [-0.05, 0) is 24.6 Å². The predicted molar refractivity (Wildman–Crippen MR) is 88.9 cm³/mol. The maximum atomic E-state index is 12.3. The molecule has 0 radical (unpaired) electrons. The molecule has 1 aliphatic rings. The zero-order valence-corrected chi connectivity index (χ0v) is 14.5. The second kappa shape index (κ2) is 7.80. The zero-order chi connectivity index (χ0) is 18.6. The molecule has 1 N–H and O–H groups in total. The van der Waals surface area contributed by atoms with Crippen LogP contribution in [0.1, 0.15) is 15.9 Å². The van der Waals surface area contributed by atoms with Crippen LogP contribution in [0.2, 0.25) is 0 Å². The number of esters is 2. The second-order valence-electron chi connectivity index (χ2n) is 5.24. The average molecular weight is 348 g/mol. The van der Waals surface area contributed by atoms with Crippen molar-refractivity contribution in [3.05, 3.63) is 40.6 Å². The SMILES string of the molecule is CNC(=O)c1cccc(N2COCC(C(=O)OC)=C2C(=O)OC)c1C. The van der Waals surface area contributed by atoms with Gasteiger partial charge in [0.2, 0.25) is 0 Å². The standard InChI is InChI=1S/C17H20N2O6/c1-10-11(15(20)18-2)6-5-7-13(10)19-9-25-8-12(16(21)23-3)14(19)17(22)24-4/h5-7H,8-9H2,1-4H3,(H,18,20). The number of methoxy groups -OCH3 is 2. The summed E-state index contributed by atoms with van der Waals surface area (Å²) in [7, 11) is 3.99. The maximum Gasteiger partial charge on any atom is 0.355 e. The van der Waals surface area contributed by atoms with Crippen LogP contribution in [0, 0.1) is 6.92 Å². The number of hydrogen-bond acceptors (Lipinski definition) is 7. The summed E-state index contributed by atoms with van der Waals surface area (Å²) in [5.74, 6) is -1.62. The maximum absolute atomic E-state index is 12.3. The first-order valence-corrected chi connectivity index (χ1v) is 7.53. The van der Waals surface area contributed by atoms with Gasteiger partial charge in [0, 0.05) is 18.3 Å². The first-order valence-electron chi connectivity index (χ1n) is 7.53. The van der Waals surface area contributed by atoms with Crippen molar-refractivity contribution in [1.82, 2.24) is 5.32 Å². The minimum atomic E-state index is -0.687. The van der Waals surface area contributed by atoms with Gasteiger partial charge in [0.25, 0.3) is 5.91 Å². The van der Waals surface area contributed by atoms with E-state index >= 15 is 0 Å². The summed E-state index contributed by atoms with van der Waals surface area (Å²) in [5, 5.41) is 2.57. The molecule has 0 bridgehead atoms. The molecule has 0 fully saturated rings. The molecule has 1 aliphatic heterocycles. The van der Waals surface area contributed by atoms with Gasteiger partial charge in [-0.2, -0.15) is 0 Å². The third kappa shape index (κ3) is 3.48. The third-order valence-electron chi connectivity index (χ3n) is 3.90. The van der Waals surface area contributed by atoms with Gasteiger partial charge in [-0.1, -0.05) is 6.07 Å². The van der Waals surface area contributed by atoms with E-state index in [9.17, 15) is 14.4 Å². The van der Waals surface area contributed by atoms with Crippen LogP contribution in [-0.4, -0.2) is 52.5 Å². The monoisotopic (exact) mass is 348 g/mol. The summed E-state index contributed by atoms with van der Waals surface area (Å²) < 4.78 is 15.0. The Kier molecular flexibility index (Phi) is 5.76. The molecule has 8 nitrogen and oxygen atoms in total. The quantitative estimate of drug-likeness (QED) is 0.802. The molecule has 8 heteroatoms. The molecule has 1 aromatic carbocycles. The minimum absolute atomic E-state index is 0.0307. The van der Waals surface area contributed by atoms with Crippen LogP contribution in [-0.2, 0) is 23.8 Å².